The minimum Gasteiger partial charge on any atom is -0.497 e. The number of nitrogens with zero attached hydrogens (tertiary/aromatic N) is 1. The molecule has 0 aliphatic carbocycles. The SMILES string of the molecule is CCOC(=O)SCC[n+]1ccc(/C=C/c2cc(OC)ccc2OC)cc1. The number of aromatic nitrogens is 1. The summed E-state index contributed by atoms with van der Waals surface area (Å²) in [5, 5.41) is -0.222. The minimum atomic E-state index is -0.222. The zero-order valence-electron chi connectivity index (χ0n) is 15.3. The van der Waals surface area contributed by atoms with Gasteiger partial charge in [-0.3, -0.25) is 0 Å². The fourth-order valence-corrected chi connectivity index (χ4v) is 2.95. The van der Waals surface area contributed by atoms with Crippen molar-refractivity contribution in [2.75, 3.05) is 26.6 Å². The molecule has 2 rings (SSSR count). The number of hydrogen-bond donors (Lipinski definition) is 0. The standard InChI is InChI=1S/C20H24NO4S/c1-4-25-20(22)26-14-13-21-11-9-16(10-12-21)5-6-17-15-18(23-2)7-8-19(17)24-3/h5-12,15H,4,13-14H2,1-3H3/q+1/b6-5+. The smallest absolute Gasteiger partial charge is 0.367 e. The van der Waals surface area contributed by atoms with Crippen LogP contribution in [0.3, 0.4) is 0 Å². The van der Waals surface area contributed by atoms with Gasteiger partial charge in [0.2, 0.25) is 0 Å². The second-order valence-corrected chi connectivity index (χ2v) is 6.37. The number of hydrogen-bond acceptors (Lipinski definition) is 5. The van der Waals surface area contributed by atoms with Crippen molar-refractivity contribution >= 4 is 29.2 Å². The van der Waals surface area contributed by atoms with Gasteiger partial charge in [0.05, 0.1) is 26.6 Å². The molecule has 1 aromatic heterocycles. The summed E-state index contributed by atoms with van der Waals surface area (Å²) >= 11 is 1.19. The zero-order chi connectivity index (χ0) is 18.8. The maximum Gasteiger partial charge on any atom is 0.367 e. The normalized spacial score (nSPS) is 10.7. The van der Waals surface area contributed by atoms with Crippen molar-refractivity contribution in [2.24, 2.45) is 0 Å². The fourth-order valence-electron chi connectivity index (χ4n) is 2.28. The number of methoxy groups -OCH3 is 2. The molecule has 0 saturated heterocycles. The molecule has 2 aromatic rings. The third kappa shape index (κ3) is 6.11. The molecule has 0 saturated carbocycles. The first-order chi connectivity index (χ1) is 12.7. The summed E-state index contributed by atoms with van der Waals surface area (Å²) in [5.41, 5.74) is 2.03. The van der Waals surface area contributed by atoms with Gasteiger partial charge >= 0.3 is 5.30 Å². The van der Waals surface area contributed by atoms with Gasteiger partial charge in [0.25, 0.3) is 0 Å². The van der Waals surface area contributed by atoms with Gasteiger partial charge in [-0.05, 0) is 42.4 Å². The number of carbonyl (C=O) groups excluding carboxylic acids is 1. The van der Waals surface area contributed by atoms with Gasteiger partial charge in [0, 0.05) is 17.7 Å². The van der Waals surface area contributed by atoms with Crippen molar-refractivity contribution in [3.05, 3.63) is 53.9 Å². The van der Waals surface area contributed by atoms with Crippen LogP contribution in [0.1, 0.15) is 18.1 Å². The van der Waals surface area contributed by atoms with Gasteiger partial charge in [0.15, 0.2) is 18.9 Å². The third-order valence-electron chi connectivity index (χ3n) is 3.64. The molecule has 0 atom stereocenters. The van der Waals surface area contributed by atoms with Crippen LogP contribution in [0, 0.1) is 0 Å². The Balaban J connectivity index is 1.96. The highest BCUT2D eigenvalue weighted by atomic mass is 32.2. The molecule has 138 valence electrons. The van der Waals surface area contributed by atoms with E-state index < -0.39 is 0 Å². The van der Waals surface area contributed by atoms with Gasteiger partial charge in [-0.2, -0.15) is 0 Å². The van der Waals surface area contributed by atoms with Crippen LogP contribution in [0.2, 0.25) is 0 Å². The van der Waals surface area contributed by atoms with E-state index in [0.717, 1.165) is 29.2 Å². The number of aryl methyl sites for hydroxylation is 1. The Morgan fingerprint density at radius 1 is 1.12 bits per heavy atom. The van der Waals surface area contributed by atoms with Crippen LogP contribution in [0.5, 0.6) is 11.5 Å². The number of thioether (sulfide) groups is 1. The highest BCUT2D eigenvalue weighted by molar-refractivity contribution is 8.13. The highest BCUT2D eigenvalue weighted by Gasteiger charge is 2.06. The van der Waals surface area contributed by atoms with Crippen molar-refractivity contribution in [3.63, 3.8) is 0 Å². The average Bonchev–Trinajstić information content (AvgIpc) is 2.67. The number of benzene rings is 1. The van der Waals surface area contributed by atoms with E-state index in [1.165, 1.54) is 11.8 Å². The Bertz CT molecular complexity index is 744. The fraction of sp³-hybridized carbons (Fsp3) is 0.300. The van der Waals surface area contributed by atoms with Gasteiger partial charge < -0.3 is 14.2 Å². The van der Waals surface area contributed by atoms with Crippen molar-refractivity contribution in [2.45, 2.75) is 13.5 Å². The van der Waals surface area contributed by atoms with Crippen molar-refractivity contribution < 1.29 is 23.6 Å². The Kier molecular flexibility index (Phi) is 8.02. The molecular weight excluding hydrogens is 350 g/mol. The summed E-state index contributed by atoms with van der Waals surface area (Å²) in [4.78, 5) is 11.3. The van der Waals surface area contributed by atoms with Crippen LogP contribution in [0.15, 0.2) is 42.7 Å². The maximum atomic E-state index is 11.3. The molecule has 0 amide bonds. The Hall–Kier alpha value is -2.47. The van der Waals surface area contributed by atoms with Gasteiger partial charge in [0.1, 0.15) is 11.5 Å². The lowest BCUT2D eigenvalue weighted by molar-refractivity contribution is -0.692. The highest BCUT2D eigenvalue weighted by Crippen LogP contribution is 2.25. The van der Waals surface area contributed by atoms with E-state index in [1.807, 2.05) is 59.4 Å². The number of ether oxygens (including phenoxy) is 3. The first-order valence-electron chi connectivity index (χ1n) is 8.35. The average molecular weight is 374 g/mol. The summed E-state index contributed by atoms with van der Waals surface area (Å²) < 4.78 is 17.6. The Morgan fingerprint density at radius 3 is 2.54 bits per heavy atom. The number of rotatable bonds is 8. The van der Waals surface area contributed by atoms with E-state index in [2.05, 4.69) is 0 Å². The Morgan fingerprint density at radius 2 is 1.88 bits per heavy atom. The lowest BCUT2D eigenvalue weighted by Gasteiger charge is -2.07. The van der Waals surface area contributed by atoms with Crippen LogP contribution in [0.4, 0.5) is 4.79 Å². The van der Waals surface area contributed by atoms with Crippen LogP contribution in [-0.2, 0) is 11.3 Å². The predicted molar refractivity (Wildman–Crippen MR) is 105 cm³/mol. The number of carbonyl (C=O) groups is 1. The van der Waals surface area contributed by atoms with E-state index in [9.17, 15) is 4.79 Å². The lowest BCUT2D eigenvalue weighted by atomic mass is 10.1. The van der Waals surface area contributed by atoms with E-state index in [0.29, 0.717) is 12.4 Å². The third-order valence-corrected chi connectivity index (χ3v) is 4.38. The summed E-state index contributed by atoms with van der Waals surface area (Å²) in [7, 11) is 3.30. The molecule has 0 radical (unpaired) electrons. The largest absolute Gasteiger partial charge is 0.497 e. The molecule has 6 heteroatoms. The molecule has 1 heterocycles. The van der Waals surface area contributed by atoms with Gasteiger partial charge in [-0.25, -0.2) is 9.36 Å². The number of pyridine rings is 1. The molecule has 0 spiro atoms. The summed E-state index contributed by atoms with van der Waals surface area (Å²) in [6.45, 7) is 2.97. The maximum absolute atomic E-state index is 11.3. The monoisotopic (exact) mass is 374 g/mol. The first kappa shape index (κ1) is 19.8. The van der Waals surface area contributed by atoms with Crippen LogP contribution in [0.25, 0.3) is 12.2 Å². The first-order valence-corrected chi connectivity index (χ1v) is 9.33. The second-order valence-electron chi connectivity index (χ2n) is 5.34. The quantitative estimate of drug-likeness (QED) is 0.515. The molecule has 0 unspecified atom stereocenters. The molecule has 0 N–H and O–H groups in total. The molecule has 0 aliphatic heterocycles. The molecule has 5 nitrogen and oxygen atoms in total. The Labute approximate surface area is 158 Å². The van der Waals surface area contributed by atoms with E-state index >= 15 is 0 Å². The van der Waals surface area contributed by atoms with Crippen molar-refractivity contribution in [1.29, 1.82) is 0 Å². The minimum absolute atomic E-state index is 0.222. The van der Waals surface area contributed by atoms with Crippen LogP contribution in [-0.4, -0.2) is 31.9 Å². The summed E-state index contributed by atoms with van der Waals surface area (Å²) in [5.74, 6) is 2.26. The van der Waals surface area contributed by atoms with E-state index in [4.69, 9.17) is 14.2 Å². The summed E-state index contributed by atoms with van der Waals surface area (Å²) in [6, 6.07) is 9.75. The van der Waals surface area contributed by atoms with E-state index in [1.54, 1.807) is 21.1 Å². The predicted octanol–water partition coefficient (Wildman–Crippen LogP) is 4.05. The molecule has 0 bridgehead atoms. The molecule has 0 fully saturated rings. The van der Waals surface area contributed by atoms with Crippen LogP contribution < -0.4 is 14.0 Å². The molecule has 0 aliphatic rings. The summed E-state index contributed by atoms with van der Waals surface area (Å²) in [6.07, 6.45) is 8.01. The molecule has 26 heavy (non-hydrogen) atoms. The second kappa shape index (κ2) is 10.5. The zero-order valence-corrected chi connectivity index (χ0v) is 16.1. The van der Waals surface area contributed by atoms with Crippen LogP contribution >= 0.6 is 11.8 Å². The lowest BCUT2D eigenvalue weighted by Crippen LogP contribution is -2.34. The van der Waals surface area contributed by atoms with Crippen molar-refractivity contribution in [1.82, 2.24) is 0 Å². The van der Waals surface area contributed by atoms with E-state index in [-0.39, 0.29) is 5.30 Å². The van der Waals surface area contributed by atoms with Gasteiger partial charge in [-0.15, -0.1) is 0 Å². The molecular formula is C20H24NO4S+. The van der Waals surface area contributed by atoms with Gasteiger partial charge in [-0.1, -0.05) is 12.2 Å². The molecule has 1 aromatic carbocycles. The topological polar surface area (TPSA) is 48.6 Å². The van der Waals surface area contributed by atoms with Crippen molar-refractivity contribution in [3.8, 4) is 11.5 Å².